The first kappa shape index (κ1) is 16.6. The quantitative estimate of drug-likeness (QED) is 0.828. The fourth-order valence-electron chi connectivity index (χ4n) is 2.14. The van der Waals surface area contributed by atoms with Gasteiger partial charge in [0.1, 0.15) is 0 Å². The molecule has 0 spiro atoms. The van der Waals surface area contributed by atoms with Crippen molar-refractivity contribution in [3.63, 3.8) is 0 Å². The van der Waals surface area contributed by atoms with Crippen LogP contribution in [-0.2, 0) is 25.0 Å². The lowest BCUT2D eigenvalue weighted by molar-refractivity contribution is -0.129. The van der Waals surface area contributed by atoms with E-state index in [1.807, 2.05) is 55.9 Å². The second-order valence-electron chi connectivity index (χ2n) is 5.19. The molecule has 0 saturated heterocycles. The monoisotopic (exact) mass is 319 g/mol. The smallest absolute Gasteiger partial charge is 0.235 e. The molecule has 1 amide bonds. The molecule has 1 N–H and O–H groups in total. The highest BCUT2D eigenvalue weighted by atomic mass is 32.2. The number of imidazole rings is 1. The van der Waals surface area contributed by atoms with Crippen molar-refractivity contribution in [3.05, 3.63) is 47.8 Å². The fourth-order valence-corrected chi connectivity index (χ4v) is 3.12. The number of aromatic nitrogens is 2. The molecule has 1 aromatic heterocycles. The van der Waals surface area contributed by atoms with Crippen molar-refractivity contribution >= 4 is 17.7 Å². The van der Waals surface area contributed by atoms with Crippen molar-refractivity contribution < 1.29 is 9.90 Å². The Balaban J connectivity index is 1.97. The molecular weight excluding hydrogens is 298 g/mol. The number of aliphatic hydroxyl groups excluding tert-OH is 1. The molecule has 6 heteroatoms. The summed E-state index contributed by atoms with van der Waals surface area (Å²) in [6.07, 6.45) is 1.63. The first-order valence-electron chi connectivity index (χ1n) is 7.10. The lowest BCUT2D eigenvalue weighted by Crippen LogP contribution is -2.32. The number of aliphatic hydroxyl groups is 1. The average molecular weight is 319 g/mol. The van der Waals surface area contributed by atoms with Crippen LogP contribution in [-0.4, -0.2) is 37.8 Å². The van der Waals surface area contributed by atoms with Crippen LogP contribution in [0.3, 0.4) is 0 Å². The molecule has 2 aromatic rings. The standard InChI is InChI=1S/C16H21N3O2S/c1-12(22-16-17-9-14(11-20)19(16)3)15(21)18(2)10-13-7-5-4-6-8-13/h4-9,12,20H,10-11H2,1-3H3. The Labute approximate surface area is 135 Å². The number of hydrogen-bond donors (Lipinski definition) is 1. The molecule has 22 heavy (non-hydrogen) atoms. The summed E-state index contributed by atoms with van der Waals surface area (Å²) in [7, 11) is 3.65. The first-order valence-corrected chi connectivity index (χ1v) is 7.98. The van der Waals surface area contributed by atoms with E-state index < -0.39 is 0 Å². The number of thioether (sulfide) groups is 1. The van der Waals surface area contributed by atoms with Crippen molar-refractivity contribution in [1.82, 2.24) is 14.5 Å². The minimum Gasteiger partial charge on any atom is -0.390 e. The average Bonchev–Trinajstić information content (AvgIpc) is 2.87. The highest BCUT2D eigenvalue weighted by Gasteiger charge is 2.21. The van der Waals surface area contributed by atoms with Crippen molar-refractivity contribution in [2.75, 3.05) is 7.05 Å². The number of rotatable bonds is 6. The SMILES string of the molecule is CC(Sc1ncc(CO)n1C)C(=O)N(C)Cc1ccccc1. The van der Waals surface area contributed by atoms with Gasteiger partial charge >= 0.3 is 0 Å². The normalized spacial score (nSPS) is 12.2. The van der Waals surface area contributed by atoms with E-state index in [1.165, 1.54) is 11.8 Å². The Kier molecular flexibility index (Phi) is 5.63. The second-order valence-corrected chi connectivity index (χ2v) is 6.50. The van der Waals surface area contributed by atoms with E-state index in [9.17, 15) is 9.90 Å². The van der Waals surface area contributed by atoms with Crippen LogP contribution in [0.4, 0.5) is 0 Å². The zero-order chi connectivity index (χ0) is 16.1. The van der Waals surface area contributed by atoms with Crippen molar-refractivity contribution in [2.24, 2.45) is 7.05 Å². The molecule has 0 bridgehead atoms. The second kappa shape index (κ2) is 7.47. The van der Waals surface area contributed by atoms with Gasteiger partial charge in [0.25, 0.3) is 0 Å². The van der Waals surface area contributed by atoms with Gasteiger partial charge in [-0.05, 0) is 12.5 Å². The van der Waals surface area contributed by atoms with Gasteiger partial charge in [0.05, 0.1) is 23.7 Å². The van der Waals surface area contributed by atoms with Crippen LogP contribution >= 0.6 is 11.8 Å². The van der Waals surface area contributed by atoms with Crippen molar-refractivity contribution in [3.8, 4) is 0 Å². The predicted molar refractivity (Wildman–Crippen MR) is 87.4 cm³/mol. The van der Waals surface area contributed by atoms with Gasteiger partial charge in [-0.2, -0.15) is 0 Å². The number of amides is 1. The molecular formula is C16H21N3O2S. The Bertz CT molecular complexity index is 628. The molecule has 0 radical (unpaired) electrons. The summed E-state index contributed by atoms with van der Waals surface area (Å²) in [5.74, 6) is 0.0578. The molecule has 5 nitrogen and oxygen atoms in total. The van der Waals surface area contributed by atoms with Crippen molar-refractivity contribution in [2.45, 2.75) is 30.5 Å². The van der Waals surface area contributed by atoms with E-state index in [0.29, 0.717) is 6.54 Å². The molecule has 0 aliphatic heterocycles. The van der Waals surface area contributed by atoms with E-state index in [2.05, 4.69) is 4.98 Å². The van der Waals surface area contributed by atoms with Crippen molar-refractivity contribution in [1.29, 1.82) is 0 Å². The molecule has 2 rings (SSSR count). The number of hydrogen-bond acceptors (Lipinski definition) is 4. The lowest BCUT2D eigenvalue weighted by Gasteiger charge is -2.21. The van der Waals surface area contributed by atoms with Gasteiger partial charge in [0.2, 0.25) is 5.91 Å². The summed E-state index contributed by atoms with van der Waals surface area (Å²) in [6, 6.07) is 9.91. The fraction of sp³-hybridized carbons (Fsp3) is 0.375. The minimum atomic E-state index is -0.235. The summed E-state index contributed by atoms with van der Waals surface area (Å²) < 4.78 is 1.81. The number of benzene rings is 1. The molecule has 1 aromatic carbocycles. The lowest BCUT2D eigenvalue weighted by atomic mass is 10.2. The predicted octanol–water partition coefficient (Wildman–Crippen LogP) is 2.05. The third-order valence-electron chi connectivity index (χ3n) is 3.47. The van der Waals surface area contributed by atoms with E-state index in [1.54, 1.807) is 11.1 Å². The molecule has 0 fully saturated rings. The molecule has 1 heterocycles. The van der Waals surface area contributed by atoms with Gasteiger partial charge in [0.15, 0.2) is 5.16 Å². The molecule has 0 saturated carbocycles. The molecule has 1 atom stereocenters. The Hall–Kier alpha value is -1.79. The Morgan fingerprint density at radius 2 is 2.09 bits per heavy atom. The van der Waals surface area contributed by atoms with Crippen LogP contribution in [0.5, 0.6) is 0 Å². The van der Waals surface area contributed by atoms with Crippen LogP contribution in [0.2, 0.25) is 0 Å². The number of carbonyl (C=O) groups excluding carboxylic acids is 1. The van der Waals surface area contributed by atoms with Gasteiger partial charge in [-0.1, -0.05) is 42.1 Å². The Morgan fingerprint density at radius 1 is 1.41 bits per heavy atom. The molecule has 0 aliphatic rings. The molecule has 0 aliphatic carbocycles. The molecule has 1 unspecified atom stereocenters. The highest BCUT2D eigenvalue weighted by molar-refractivity contribution is 8.00. The van der Waals surface area contributed by atoms with E-state index in [-0.39, 0.29) is 17.8 Å². The van der Waals surface area contributed by atoms with E-state index in [0.717, 1.165) is 16.4 Å². The van der Waals surface area contributed by atoms with E-state index >= 15 is 0 Å². The first-order chi connectivity index (χ1) is 10.5. The zero-order valence-corrected chi connectivity index (χ0v) is 13.9. The van der Waals surface area contributed by atoms with E-state index in [4.69, 9.17) is 0 Å². The third kappa shape index (κ3) is 3.90. The minimum absolute atomic E-state index is 0.0553. The third-order valence-corrected chi connectivity index (χ3v) is 4.62. The van der Waals surface area contributed by atoms with Gasteiger partial charge in [-0.25, -0.2) is 4.98 Å². The van der Waals surface area contributed by atoms with Gasteiger partial charge in [-0.15, -0.1) is 0 Å². The topological polar surface area (TPSA) is 58.4 Å². The summed E-state index contributed by atoms with van der Waals surface area (Å²) in [6.45, 7) is 2.41. The summed E-state index contributed by atoms with van der Waals surface area (Å²) in [5.41, 5.74) is 1.84. The Morgan fingerprint density at radius 3 is 2.68 bits per heavy atom. The maximum Gasteiger partial charge on any atom is 0.235 e. The summed E-state index contributed by atoms with van der Waals surface area (Å²) >= 11 is 1.40. The summed E-state index contributed by atoms with van der Waals surface area (Å²) in [5, 5.41) is 9.68. The van der Waals surface area contributed by atoms with Gasteiger partial charge < -0.3 is 14.6 Å². The zero-order valence-electron chi connectivity index (χ0n) is 13.1. The maximum atomic E-state index is 12.5. The summed E-state index contributed by atoms with van der Waals surface area (Å²) in [4.78, 5) is 18.4. The molecule has 118 valence electrons. The number of carbonyl (C=O) groups is 1. The van der Waals surface area contributed by atoms with Crippen LogP contribution < -0.4 is 0 Å². The van der Waals surface area contributed by atoms with Gasteiger partial charge in [-0.3, -0.25) is 4.79 Å². The largest absolute Gasteiger partial charge is 0.390 e. The number of nitrogens with zero attached hydrogens (tertiary/aromatic N) is 3. The maximum absolute atomic E-state index is 12.5. The van der Waals surface area contributed by atoms with Gasteiger partial charge in [0, 0.05) is 20.6 Å². The van der Waals surface area contributed by atoms with Crippen LogP contribution in [0.15, 0.2) is 41.7 Å². The van der Waals surface area contributed by atoms with Crippen LogP contribution in [0.25, 0.3) is 0 Å². The van der Waals surface area contributed by atoms with Crippen LogP contribution in [0, 0.1) is 0 Å². The highest BCUT2D eigenvalue weighted by Crippen LogP contribution is 2.24. The van der Waals surface area contributed by atoms with Crippen LogP contribution in [0.1, 0.15) is 18.2 Å².